The van der Waals surface area contributed by atoms with Crippen LogP contribution in [0.1, 0.15) is 11.1 Å². The van der Waals surface area contributed by atoms with Crippen molar-refractivity contribution in [3.63, 3.8) is 0 Å². The van der Waals surface area contributed by atoms with Crippen LogP contribution < -0.4 is 0 Å². The Morgan fingerprint density at radius 3 is 1.67 bits per heavy atom. The van der Waals surface area contributed by atoms with Crippen LogP contribution in [0, 0.1) is 13.8 Å². The largest absolute Gasteiger partial charge is 0.236 e. The zero-order chi connectivity index (χ0) is 11.5. The van der Waals surface area contributed by atoms with Gasteiger partial charge >= 0.3 is 0 Å². The highest BCUT2D eigenvalue weighted by atomic mass is 16.1. The Hall–Kier alpha value is -2.02. The zero-order valence-electron chi connectivity index (χ0n) is 8.73. The van der Waals surface area contributed by atoms with Crippen LogP contribution in [0.2, 0.25) is 0 Å². The van der Waals surface area contributed by atoms with E-state index in [0.29, 0.717) is 0 Å². The SMILES string of the molecule is Cc1ccccc1C.O=C=NCN=C=O. The first-order valence-electron chi connectivity index (χ1n) is 4.32. The van der Waals surface area contributed by atoms with E-state index in [4.69, 9.17) is 0 Å². The van der Waals surface area contributed by atoms with Gasteiger partial charge in [0.1, 0.15) is 0 Å². The minimum absolute atomic E-state index is 0.160. The number of nitrogens with zero attached hydrogens (tertiary/aromatic N) is 2. The molecule has 0 fully saturated rings. The van der Waals surface area contributed by atoms with Crippen LogP contribution in [0.4, 0.5) is 0 Å². The average molecular weight is 204 g/mol. The van der Waals surface area contributed by atoms with E-state index in [-0.39, 0.29) is 6.67 Å². The molecule has 0 N–H and O–H groups in total. The summed E-state index contributed by atoms with van der Waals surface area (Å²) in [6.45, 7) is 4.08. The summed E-state index contributed by atoms with van der Waals surface area (Å²) < 4.78 is 0. The van der Waals surface area contributed by atoms with Gasteiger partial charge in [0.2, 0.25) is 12.2 Å². The van der Waals surface area contributed by atoms with E-state index in [1.54, 1.807) is 0 Å². The quantitative estimate of drug-likeness (QED) is 0.545. The lowest BCUT2D eigenvalue weighted by atomic mass is 10.1. The standard InChI is InChI=1S/C8H10.C3H2N2O2/c1-7-5-3-4-6-8(7)2;6-2-4-1-5-3-7/h3-6H,1-2H3;1H2. The van der Waals surface area contributed by atoms with Crippen LogP contribution in [0.5, 0.6) is 0 Å². The molecule has 0 unspecified atom stereocenters. The maximum absolute atomic E-state index is 9.20. The van der Waals surface area contributed by atoms with Gasteiger partial charge in [0, 0.05) is 0 Å². The van der Waals surface area contributed by atoms with E-state index in [0.717, 1.165) is 0 Å². The van der Waals surface area contributed by atoms with Crippen molar-refractivity contribution < 1.29 is 9.59 Å². The molecule has 15 heavy (non-hydrogen) atoms. The Balaban J connectivity index is 0.000000265. The molecule has 0 saturated carbocycles. The third kappa shape index (κ3) is 7.08. The summed E-state index contributed by atoms with van der Waals surface area (Å²) in [5.41, 5.74) is 2.74. The topological polar surface area (TPSA) is 58.9 Å². The normalized spacial score (nSPS) is 7.60. The van der Waals surface area contributed by atoms with Crippen LogP contribution in [0.25, 0.3) is 0 Å². The maximum atomic E-state index is 9.20. The number of rotatable bonds is 2. The van der Waals surface area contributed by atoms with Gasteiger partial charge in [0.15, 0.2) is 6.67 Å². The van der Waals surface area contributed by atoms with Crippen molar-refractivity contribution in [1.29, 1.82) is 0 Å². The van der Waals surface area contributed by atoms with Crippen LogP contribution in [0.3, 0.4) is 0 Å². The summed E-state index contributed by atoms with van der Waals surface area (Å²) in [4.78, 5) is 24.2. The molecule has 0 bridgehead atoms. The first-order valence-corrected chi connectivity index (χ1v) is 4.32. The Labute approximate surface area is 88.4 Å². The van der Waals surface area contributed by atoms with Gasteiger partial charge in [0.25, 0.3) is 0 Å². The molecule has 0 aliphatic rings. The first kappa shape index (κ1) is 13.0. The molecule has 0 heterocycles. The lowest BCUT2D eigenvalue weighted by molar-refractivity contribution is 0.560. The summed E-state index contributed by atoms with van der Waals surface area (Å²) in [5.74, 6) is 0. The Bertz CT molecular complexity index is 352. The van der Waals surface area contributed by atoms with E-state index < -0.39 is 0 Å². The van der Waals surface area contributed by atoms with Gasteiger partial charge in [-0.05, 0) is 25.0 Å². The molecule has 0 spiro atoms. The molecular formula is C11H12N2O2. The molecule has 0 aliphatic carbocycles. The van der Waals surface area contributed by atoms with Gasteiger partial charge in [-0.3, -0.25) is 0 Å². The molecule has 4 heteroatoms. The molecule has 1 aromatic rings. The minimum atomic E-state index is -0.160. The van der Waals surface area contributed by atoms with E-state index in [1.807, 2.05) is 0 Å². The lowest BCUT2D eigenvalue weighted by Crippen LogP contribution is -1.74. The summed E-state index contributed by atoms with van der Waals surface area (Å²) in [6.07, 6.45) is 2.41. The third-order valence-electron chi connectivity index (χ3n) is 1.70. The number of aryl methyl sites for hydroxylation is 2. The fourth-order valence-corrected chi connectivity index (χ4v) is 0.756. The molecule has 0 atom stereocenters. The highest BCUT2D eigenvalue weighted by Crippen LogP contribution is 2.02. The Kier molecular flexibility index (Phi) is 7.42. The van der Waals surface area contributed by atoms with Gasteiger partial charge in [-0.1, -0.05) is 24.3 Å². The fraction of sp³-hybridized carbons (Fsp3) is 0.273. The zero-order valence-corrected chi connectivity index (χ0v) is 8.73. The maximum Gasteiger partial charge on any atom is 0.236 e. The molecular weight excluding hydrogens is 192 g/mol. The second-order valence-corrected chi connectivity index (χ2v) is 2.72. The monoisotopic (exact) mass is 204 g/mol. The second-order valence-electron chi connectivity index (χ2n) is 2.72. The Morgan fingerprint density at radius 1 is 1.00 bits per heavy atom. The summed E-state index contributed by atoms with van der Waals surface area (Å²) >= 11 is 0. The number of isocyanates is 2. The fourth-order valence-electron chi connectivity index (χ4n) is 0.756. The van der Waals surface area contributed by atoms with Gasteiger partial charge in [-0.25, -0.2) is 9.59 Å². The highest BCUT2D eigenvalue weighted by Gasteiger charge is 1.83. The van der Waals surface area contributed by atoms with E-state index in [9.17, 15) is 9.59 Å². The van der Waals surface area contributed by atoms with Crippen LogP contribution in [-0.4, -0.2) is 18.8 Å². The second kappa shape index (κ2) is 8.57. The third-order valence-corrected chi connectivity index (χ3v) is 1.70. The number of hydrogen-bond donors (Lipinski definition) is 0. The molecule has 4 nitrogen and oxygen atoms in total. The molecule has 0 amide bonds. The van der Waals surface area contributed by atoms with E-state index >= 15 is 0 Å². The highest BCUT2D eigenvalue weighted by molar-refractivity contribution is 5.35. The summed E-state index contributed by atoms with van der Waals surface area (Å²) in [5, 5.41) is 0. The van der Waals surface area contributed by atoms with Crippen molar-refractivity contribution in [3.05, 3.63) is 35.4 Å². The van der Waals surface area contributed by atoms with E-state index in [2.05, 4.69) is 48.1 Å². The molecule has 0 radical (unpaired) electrons. The summed E-state index contributed by atoms with van der Waals surface area (Å²) in [6, 6.07) is 8.36. The first-order chi connectivity index (χ1) is 7.22. The van der Waals surface area contributed by atoms with Crippen molar-refractivity contribution in [3.8, 4) is 0 Å². The molecule has 0 aliphatic heterocycles. The molecule has 0 aromatic heterocycles. The lowest BCUT2D eigenvalue weighted by Gasteiger charge is -1.93. The predicted octanol–water partition coefficient (Wildman–Crippen LogP) is 1.92. The Morgan fingerprint density at radius 2 is 1.40 bits per heavy atom. The van der Waals surface area contributed by atoms with Crippen LogP contribution in [-0.2, 0) is 9.59 Å². The van der Waals surface area contributed by atoms with Gasteiger partial charge in [-0.15, -0.1) is 0 Å². The summed E-state index contributed by atoms with van der Waals surface area (Å²) in [7, 11) is 0. The number of benzene rings is 1. The minimum Gasteiger partial charge on any atom is -0.211 e. The van der Waals surface area contributed by atoms with E-state index in [1.165, 1.54) is 23.3 Å². The van der Waals surface area contributed by atoms with Crippen molar-refractivity contribution in [2.45, 2.75) is 13.8 Å². The number of carbonyl (C=O) groups excluding carboxylic acids is 2. The molecule has 1 rings (SSSR count). The van der Waals surface area contributed by atoms with Crippen molar-refractivity contribution in [1.82, 2.24) is 0 Å². The number of hydrogen-bond acceptors (Lipinski definition) is 4. The van der Waals surface area contributed by atoms with Crippen LogP contribution >= 0.6 is 0 Å². The van der Waals surface area contributed by atoms with Crippen molar-refractivity contribution in [2.75, 3.05) is 6.67 Å². The predicted molar refractivity (Wildman–Crippen MR) is 57.0 cm³/mol. The average Bonchev–Trinajstić information content (AvgIpc) is 2.24. The molecule has 0 saturated heterocycles. The van der Waals surface area contributed by atoms with Gasteiger partial charge < -0.3 is 0 Å². The van der Waals surface area contributed by atoms with Crippen molar-refractivity contribution >= 4 is 12.2 Å². The molecule has 1 aromatic carbocycles. The smallest absolute Gasteiger partial charge is 0.211 e. The number of aliphatic imine (C=N–C) groups is 2. The van der Waals surface area contributed by atoms with Crippen molar-refractivity contribution in [2.24, 2.45) is 9.98 Å². The van der Waals surface area contributed by atoms with Crippen LogP contribution in [0.15, 0.2) is 34.3 Å². The molecule has 78 valence electrons. The van der Waals surface area contributed by atoms with Gasteiger partial charge in [-0.2, -0.15) is 9.98 Å². The van der Waals surface area contributed by atoms with Gasteiger partial charge in [0.05, 0.1) is 0 Å².